The second-order valence-electron chi connectivity index (χ2n) is 5.93. The molecule has 2 heterocycles. The molecule has 1 aliphatic rings. The molecule has 0 bridgehead atoms. The van der Waals surface area contributed by atoms with E-state index in [-0.39, 0.29) is 12.1 Å². The molecule has 0 saturated carbocycles. The van der Waals surface area contributed by atoms with Crippen LogP contribution in [0.5, 0.6) is 0 Å². The molecule has 0 saturated heterocycles. The van der Waals surface area contributed by atoms with Crippen molar-refractivity contribution in [3.8, 4) is 0 Å². The second kappa shape index (κ2) is 4.87. The molecule has 24 heavy (non-hydrogen) atoms. The molecule has 0 spiro atoms. The van der Waals surface area contributed by atoms with Crippen molar-refractivity contribution in [2.45, 2.75) is 12.7 Å². The Morgan fingerprint density at radius 3 is 2.58 bits per heavy atom. The lowest BCUT2D eigenvalue weighted by Gasteiger charge is -2.16. The highest BCUT2D eigenvalue weighted by Crippen LogP contribution is 2.35. The SMILES string of the molecule is Cn1ccc2cc(N3Cc4ccc(C(F)(F)F)cc4C3=O)ccc21. The molecule has 0 aliphatic carbocycles. The molecular weight excluding hydrogens is 317 g/mol. The number of nitrogens with zero attached hydrogens (tertiary/aromatic N) is 2. The maximum atomic E-state index is 12.9. The molecule has 4 rings (SSSR count). The van der Waals surface area contributed by atoms with Gasteiger partial charge >= 0.3 is 6.18 Å². The monoisotopic (exact) mass is 330 g/mol. The molecule has 0 unspecified atom stereocenters. The number of halogens is 3. The highest BCUT2D eigenvalue weighted by molar-refractivity contribution is 6.10. The minimum absolute atomic E-state index is 0.123. The van der Waals surface area contributed by atoms with Crippen molar-refractivity contribution in [3.63, 3.8) is 0 Å². The van der Waals surface area contributed by atoms with Gasteiger partial charge in [-0.3, -0.25) is 4.79 Å². The Balaban J connectivity index is 1.73. The molecule has 0 atom stereocenters. The lowest BCUT2D eigenvalue weighted by atomic mass is 10.1. The molecule has 1 aromatic heterocycles. The molecule has 0 radical (unpaired) electrons. The Hall–Kier alpha value is -2.76. The van der Waals surface area contributed by atoms with Gasteiger partial charge in [-0.2, -0.15) is 13.2 Å². The van der Waals surface area contributed by atoms with Crippen molar-refractivity contribution in [1.29, 1.82) is 0 Å². The van der Waals surface area contributed by atoms with Crippen molar-refractivity contribution in [1.82, 2.24) is 4.57 Å². The van der Waals surface area contributed by atoms with Crippen molar-refractivity contribution < 1.29 is 18.0 Å². The van der Waals surface area contributed by atoms with E-state index in [2.05, 4.69) is 0 Å². The molecule has 0 N–H and O–H groups in total. The molecule has 3 nitrogen and oxygen atoms in total. The highest BCUT2D eigenvalue weighted by Gasteiger charge is 2.35. The van der Waals surface area contributed by atoms with Crippen LogP contribution in [0.15, 0.2) is 48.7 Å². The molecule has 1 amide bonds. The van der Waals surface area contributed by atoms with Gasteiger partial charge in [0.05, 0.1) is 12.1 Å². The fraction of sp³-hybridized carbons (Fsp3) is 0.167. The first kappa shape index (κ1) is 14.8. The summed E-state index contributed by atoms with van der Waals surface area (Å²) in [5.74, 6) is -0.397. The average Bonchev–Trinajstić information content (AvgIpc) is 3.07. The van der Waals surface area contributed by atoms with E-state index in [1.54, 1.807) is 0 Å². The average molecular weight is 330 g/mol. The molecule has 0 fully saturated rings. The summed E-state index contributed by atoms with van der Waals surface area (Å²) in [5, 5.41) is 0.981. The van der Waals surface area contributed by atoms with Crippen LogP contribution >= 0.6 is 0 Å². The van der Waals surface area contributed by atoms with Crippen LogP contribution in [0, 0.1) is 0 Å². The third-order valence-electron chi connectivity index (χ3n) is 4.42. The number of carbonyl (C=O) groups is 1. The Morgan fingerprint density at radius 2 is 1.83 bits per heavy atom. The first-order valence-corrected chi connectivity index (χ1v) is 7.42. The van der Waals surface area contributed by atoms with Gasteiger partial charge < -0.3 is 9.47 Å². The zero-order chi connectivity index (χ0) is 17.1. The normalized spacial score (nSPS) is 14.5. The van der Waals surface area contributed by atoms with Crippen LogP contribution < -0.4 is 4.90 Å². The van der Waals surface area contributed by atoms with Gasteiger partial charge in [-0.25, -0.2) is 0 Å². The van der Waals surface area contributed by atoms with Gasteiger partial charge in [-0.05, 0) is 42.0 Å². The molecule has 6 heteroatoms. The summed E-state index contributed by atoms with van der Waals surface area (Å²) in [5.41, 5.74) is 1.65. The Labute approximate surface area is 135 Å². The first-order valence-electron chi connectivity index (χ1n) is 7.42. The van der Waals surface area contributed by atoms with Gasteiger partial charge in [0.25, 0.3) is 5.91 Å². The van der Waals surface area contributed by atoms with Crippen LogP contribution in [-0.2, 0) is 19.8 Å². The number of aromatic nitrogens is 1. The maximum Gasteiger partial charge on any atom is 0.416 e. The molecule has 1 aliphatic heterocycles. The van der Waals surface area contributed by atoms with Crippen LogP contribution in [0.25, 0.3) is 10.9 Å². The number of hydrogen-bond acceptors (Lipinski definition) is 1. The smallest absolute Gasteiger partial charge is 0.351 e. The topological polar surface area (TPSA) is 25.2 Å². The van der Waals surface area contributed by atoms with Crippen LogP contribution in [0.1, 0.15) is 21.5 Å². The number of alkyl halides is 3. The quantitative estimate of drug-likeness (QED) is 0.651. The minimum Gasteiger partial charge on any atom is -0.351 e. The standard InChI is InChI=1S/C18H13F3N2O/c1-22-7-6-11-8-14(4-5-16(11)22)23-10-12-2-3-13(18(19,20)21)9-15(12)17(23)24/h2-9H,10H2,1H3. The van der Waals surface area contributed by atoms with E-state index < -0.39 is 17.6 Å². The number of carbonyl (C=O) groups excluding carboxylic acids is 1. The lowest BCUT2D eigenvalue weighted by molar-refractivity contribution is -0.137. The van der Waals surface area contributed by atoms with E-state index in [0.29, 0.717) is 11.3 Å². The maximum absolute atomic E-state index is 12.9. The van der Waals surface area contributed by atoms with Crippen LogP contribution in [0.4, 0.5) is 18.9 Å². The number of benzene rings is 2. The zero-order valence-electron chi connectivity index (χ0n) is 12.8. The number of anilines is 1. The molecular formula is C18H13F3N2O. The Kier molecular flexibility index (Phi) is 3.00. The predicted molar refractivity (Wildman–Crippen MR) is 84.9 cm³/mol. The van der Waals surface area contributed by atoms with Crippen LogP contribution in [-0.4, -0.2) is 10.5 Å². The van der Waals surface area contributed by atoms with Crippen molar-refractivity contribution >= 4 is 22.5 Å². The van der Waals surface area contributed by atoms with E-state index in [1.165, 1.54) is 11.0 Å². The zero-order valence-corrected chi connectivity index (χ0v) is 12.8. The van der Waals surface area contributed by atoms with E-state index in [1.807, 2.05) is 42.1 Å². The van der Waals surface area contributed by atoms with E-state index in [0.717, 1.165) is 23.0 Å². The van der Waals surface area contributed by atoms with Gasteiger partial charge in [-0.1, -0.05) is 6.07 Å². The Bertz CT molecular complexity index is 972. The van der Waals surface area contributed by atoms with Crippen molar-refractivity contribution in [3.05, 3.63) is 65.4 Å². The largest absolute Gasteiger partial charge is 0.416 e. The predicted octanol–water partition coefficient (Wildman–Crippen LogP) is 4.36. The summed E-state index contributed by atoms with van der Waals surface area (Å²) in [7, 11) is 1.93. The van der Waals surface area contributed by atoms with E-state index >= 15 is 0 Å². The van der Waals surface area contributed by atoms with E-state index in [9.17, 15) is 18.0 Å². The highest BCUT2D eigenvalue weighted by atomic mass is 19.4. The molecule has 2 aromatic carbocycles. The van der Waals surface area contributed by atoms with E-state index in [4.69, 9.17) is 0 Å². The number of aryl methyl sites for hydroxylation is 1. The van der Waals surface area contributed by atoms with Crippen molar-refractivity contribution in [2.24, 2.45) is 7.05 Å². The van der Waals surface area contributed by atoms with Gasteiger partial charge in [0.2, 0.25) is 0 Å². The number of rotatable bonds is 1. The second-order valence-corrected chi connectivity index (χ2v) is 5.93. The number of fused-ring (bicyclic) bond motifs is 2. The van der Waals surface area contributed by atoms with Crippen LogP contribution in [0.2, 0.25) is 0 Å². The summed E-state index contributed by atoms with van der Waals surface area (Å²) in [6, 6.07) is 10.9. The van der Waals surface area contributed by atoms with Gasteiger partial charge in [0, 0.05) is 35.4 Å². The first-order chi connectivity index (χ1) is 11.3. The lowest BCUT2D eigenvalue weighted by Crippen LogP contribution is -2.23. The molecule has 122 valence electrons. The van der Waals surface area contributed by atoms with Gasteiger partial charge in [0.15, 0.2) is 0 Å². The van der Waals surface area contributed by atoms with Gasteiger partial charge in [0.1, 0.15) is 0 Å². The fourth-order valence-electron chi connectivity index (χ4n) is 3.12. The summed E-state index contributed by atoms with van der Waals surface area (Å²) in [4.78, 5) is 14.1. The summed E-state index contributed by atoms with van der Waals surface area (Å²) in [6.45, 7) is 0.282. The fourth-order valence-corrected chi connectivity index (χ4v) is 3.12. The number of hydrogen-bond donors (Lipinski definition) is 0. The summed E-state index contributed by atoms with van der Waals surface area (Å²) in [6.07, 6.45) is -2.53. The third-order valence-corrected chi connectivity index (χ3v) is 4.42. The minimum atomic E-state index is -4.45. The van der Waals surface area contributed by atoms with Crippen molar-refractivity contribution in [2.75, 3.05) is 4.90 Å². The van der Waals surface area contributed by atoms with Crippen LogP contribution in [0.3, 0.4) is 0 Å². The summed E-state index contributed by atoms with van der Waals surface area (Å²) >= 11 is 0. The Morgan fingerprint density at radius 1 is 1.04 bits per heavy atom. The summed E-state index contributed by atoms with van der Waals surface area (Å²) < 4.78 is 40.5. The number of amides is 1. The molecule has 3 aromatic rings. The van der Waals surface area contributed by atoms with Gasteiger partial charge in [-0.15, -0.1) is 0 Å². The third kappa shape index (κ3) is 2.18.